The minimum absolute atomic E-state index is 0.341. The molecule has 0 amide bonds. The lowest BCUT2D eigenvalue weighted by molar-refractivity contribution is -0.138. The Kier molecular flexibility index (Phi) is 8.89. The van der Waals surface area contributed by atoms with Crippen LogP contribution in [-0.4, -0.2) is 25.2 Å². The number of esters is 2. The molecule has 1 rings (SSSR count). The number of ether oxygens (including phenoxy) is 2. The van der Waals surface area contributed by atoms with Gasteiger partial charge in [-0.25, -0.2) is 9.59 Å². The summed E-state index contributed by atoms with van der Waals surface area (Å²) < 4.78 is 9.48. The highest BCUT2D eigenvalue weighted by molar-refractivity contribution is 5.82. The van der Waals surface area contributed by atoms with E-state index < -0.39 is 11.9 Å². The SMILES string of the molecule is CCOC(=O)C=CC#Cc1ccc(C#CC=CC(=O)OCC)cc1. The largest absolute Gasteiger partial charge is 0.463 e. The van der Waals surface area contributed by atoms with Crippen LogP contribution in [0.2, 0.25) is 0 Å². The van der Waals surface area contributed by atoms with Crippen molar-refractivity contribution in [2.75, 3.05) is 13.2 Å². The number of allylic oxidation sites excluding steroid dienone is 2. The molecular formula is C20H18O4. The second kappa shape index (κ2) is 11.3. The maximum Gasteiger partial charge on any atom is 0.331 e. The molecular weight excluding hydrogens is 304 g/mol. The molecule has 0 saturated carbocycles. The van der Waals surface area contributed by atoms with Crippen molar-refractivity contribution in [2.24, 2.45) is 0 Å². The van der Waals surface area contributed by atoms with Gasteiger partial charge >= 0.3 is 11.9 Å². The summed E-state index contributed by atoms with van der Waals surface area (Å²) in [6.07, 6.45) is 5.47. The number of hydrogen-bond acceptors (Lipinski definition) is 4. The minimum atomic E-state index is -0.409. The van der Waals surface area contributed by atoms with E-state index in [-0.39, 0.29) is 0 Å². The van der Waals surface area contributed by atoms with Crippen LogP contribution in [0.5, 0.6) is 0 Å². The zero-order valence-electron chi connectivity index (χ0n) is 13.7. The first-order valence-electron chi connectivity index (χ1n) is 7.45. The van der Waals surface area contributed by atoms with E-state index in [4.69, 9.17) is 9.47 Å². The Bertz CT molecular complexity index is 667. The molecule has 0 unspecified atom stereocenters. The highest BCUT2D eigenvalue weighted by Crippen LogP contribution is 2.01. The Morgan fingerprint density at radius 2 is 1.21 bits per heavy atom. The van der Waals surface area contributed by atoms with Crippen LogP contribution in [-0.2, 0) is 19.1 Å². The third-order valence-corrected chi connectivity index (χ3v) is 2.50. The van der Waals surface area contributed by atoms with Crippen LogP contribution in [0.3, 0.4) is 0 Å². The lowest BCUT2D eigenvalue weighted by atomic mass is 10.1. The second-order valence-corrected chi connectivity index (χ2v) is 4.29. The number of carbonyl (C=O) groups is 2. The van der Waals surface area contributed by atoms with Gasteiger partial charge in [0.2, 0.25) is 0 Å². The molecule has 1 aromatic rings. The maximum atomic E-state index is 11.1. The fraction of sp³-hybridized carbons (Fsp3) is 0.200. The minimum Gasteiger partial charge on any atom is -0.463 e. The van der Waals surface area contributed by atoms with E-state index in [1.807, 2.05) is 24.3 Å². The molecule has 0 aromatic heterocycles. The van der Waals surface area contributed by atoms with Gasteiger partial charge in [-0.15, -0.1) is 0 Å². The summed E-state index contributed by atoms with van der Waals surface area (Å²) in [6, 6.07) is 7.29. The van der Waals surface area contributed by atoms with E-state index in [2.05, 4.69) is 23.7 Å². The predicted octanol–water partition coefficient (Wildman–Crippen LogP) is 2.63. The van der Waals surface area contributed by atoms with Crippen LogP contribution in [0.1, 0.15) is 25.0 Å². The topological polar surface area (TPSA) is 52.6 Å². The molecule has 4 heteroatoms. The van der Waals surface area contributed by atoms with Crippen LogP contribution >= 0.6 is 0 Å². The van der Waals surface area contributed by atoms with Gasteiger partial charge in [-0.3, -0.25) is 0 Å². The fourth-order valence-electron chi connectivity index (χ4n) is 1.49. The summed E-state index contributed by atoms with van der Waals surface area (Å²) in [5, 5.41) is 0. The van der Waals surface area contributed by atoms with E-state index in [0.29, 0.717) is 13.2 Å². The van der Waals surface area contributed by atoms with Crippen LogP contribution < -0.4 is 0 Å². The Morgan fingerprint density at radius 1 is 0.833 bits per heavy atom. The van der Waals surface area contributed by atoms with Gasteiger partial charge in [-0.1, -0.05) is 23.7 Å². The third-order valence-electron chi connectivity index (χ3n) is 2.50. The third kappa shape index (κ3) is 8.26. The Balaban J connectivity index is 2.58. The molecule has 0 aliphatic rings. The van der Waals surface area contributed by atoms with Crippen molar-refractivity contribution in [1.82, 2.24) is 0 Å². The molecule has 0 bridgehead atoms. The van der Waals surface area contributed by atoms with Crippen molar-refractivity contribution in [3.63, 3.8) is 0 Å². The highest BCUT2D eigenvalue weighted by Gasteiger charge is 1.91. The smallest absolute Gasteiger partial charge is 0.331 e. The standard InChI is InChI=1S/C20H18O4/c1-3-23-19(21)11-7-5-9-17-13-15-18(16-14-17)10-6-8-12-20(22)24-4-2/h7-8,11-16H,3-4H2,1-2H3. The summed E-state index contributed by atoms with van der Waals surface area (Å²) in [5.74, 6) is 10.5. The average Bonchev–Trinajstić information content (AvgIpc) is 2.57. The van der Waals surface area contributed by atoms with Crippen molar-refractivity contribution < 1.29 is 19.1 Å². The van der Waals surface area contributed by atoms with Crippen molar-refractivity contribution in [2.45, 2.75) is 13.8 Å². The summed E-state index contributed by atoms with van der Waals surface area (Å²) in [7, 11) is 0. The van der Waals surface area contributed by atoms with E-state index >= 15 is 0 Å². The molecule has 0 saturated heterocycles. The average molecular weight is 322 g/mol. The Labute approximate surface area is 142 Å². The van der Waals surface area contributed by atoms with E-state index in [0.717, 1.165) is 11.1 Å². The van der Waals surface area contributed by atoms with Crippen LogP contribution in [0.4, 0.5) is 0 Å². The number of rotatable bonds is 4. The first-order chi connectivity index (χ1) is 11.7. The second-order valence-electron chi connectivity index (χ2n) is 4.29. The van der Waals surface area contributed by atoms with Crippen LogP contribution in [0.15, 0.2) is 48.6 Å². The summed E-state index contributed by atoms with van der Waals surface area (Å²) >= 11 is 0. The number of benzene rings is 1. The maximum absolute atomic E-state index is 11.1. The normalized spacial score (nSPS) is 9.75. The monoisotopic (exact) mass is 322 g/mol. The van der Waals surface area contributed by atoms with Gasteiger partial charge in [0.15, 0.2) is 0 Å². The van der Waals surface area contributed by atoms with Crippen LogP contribution in [0.25, 0.3) is 0 Å². The molecule has 0 aliphatic heterocycles. The lowest BCUT2D eigenvalue weighted by Gasteiger charge is -1.92. The molecule has 122 valence electrons. The van der Waals surface area contributed by atoms with Crippen LogP contribution in [0, 0.1) is 23.7 Å². The fourth-order valence-corrected chi connectivity index (χ4v) is 1.49. The van der Waals surface area contributed by atoms with E-state index in [1.165, 1.54) is 24.3 Å². The zero-order chi connectivity index (χ0) is 17.6. The summed E-state index contributed by atoms with van der Waals surface area (Å²) in [5.41, 5.74) is 1.60. The van der Waals surface area contributed by atoms with Gasteiger partial charge < -0.3 is 9.47 Å². The summed E-state index contributed by atoms with van der Waals surface area (Å²) in [4.78, 5) is 22.2. The lowest BCUT2D eigenvalue weighted by Crippen LogP contribution is -1.98. The van der Waals surface area contributed by atoms with Gasteiger partial charge in [0.05, 0.1) is 13.2 Å². The molecule has 0 fully saturated rings. The van der Waals surface area contributed by atoms with E-state index in [9.17, 15) is 9.59 Å². The Hall–Kier alpha value is -3.24. The van der Waals surface area contributed by atoms with Gasteiger partial charge in [-0.05, 0) is 50.3 Å². The molecule has 0 atom stereocenters. The molecule has 0 radical (unpaired) electrons. The van der Waals surface area contributed by atoms with Crippen molar-refractivity contribution in [1.29, 1.82) is 0 Å². The van der Waals surface area contributed by atoms with E-state index in [1.54, 1.807) is 13.8 Å². The zero-order valence-corrected chi connectivity index (χ0v) is 13.7. The first-order valence-corrected chi connectivity index (χ1v) is 7.45. The predicted molar refractivity (Wildman–Crippen MR) is 91.7 cm³/mol. The molecule has 0 heterocycles. The van der Waals surface area contributed by atoms with Crippen molar-refractivity contribution in [3.05, 3.63) is 59.7 Å². The van der Waals surface area contributed by atoms with Gasteiger partial charge in [0.1, 0.15) is 0 Å². The molecule has 0 aliphatic carbocycles. The van der Waals surface area contributed by atoms with Gasteiger partial charge in [-0.2, -0.15) is 0 Å². The molecule has 0 N–H and O–H groups in total. The Morgan fingerprint density at radius 3 is 1.54 bits per heavy atom. The molecule has 4 nitrogen and oxygen atoms in total. The van der Waals surface area contributed by atoms with Gasteiger partial charge in [0.25, 0.3) is 0 Å². The number of carbonyl (C=O) groups excluding carboxylic acids is 2. The molecule has 0 spiro atoms. The molecule has 24 heavy (non-hydrogen) atoms. The molecule has 1 aromatic carbocycles. The quantitative estimate of drug-likeness (QED) is 0.486. The van der Waals surface area contributed by atoms with Crippen molar-refractivity contribution >= 4 is 11.9 Å². The van der Waals surface area contributed by atoms with Gasteiger partial charge in [0, 0.05) is 23.3 Å². The van der Waals surface area contributed by atoms with Crippen molar-refractivity contribution in [3.8, 4) is 23.7 Å². The highest BCUT2D eigenvalue weighted by atomic mass is 16.5. The first kappa shape index (κ1) is 18.8. The number of hydrogen-bond donors (Lipinski definition) is 0. The summed E-state index contributed by atoms with van der Waals surface area (Å²) in [6.45, 7) is 4.17.